The zero-order valence-electron chi connectivity index (χ0n) is 8.14. The molecule has 2 rings (SSSR count). The molecule has 0 fully saturated rings. The predicted octanol–water partition coefficient (Wildman–Crippen LogP) is 1.59. The standard InChI is InChI=1S/C11H13N3/c1-14-8-10(12)13-11(14)7-9-5-3-2-4-6-9/h2-6,8H,7,12H2,1H3. The van der Waals surface area contributed by atoms with Crippen LogP contribution in [-0.2, 0) is 13.5 Å². The van der Waals surface area contributed by atoms with E-state index in [1.807, 2.05) is 36.0 Å². The van der Waals surface area contributed by atoms with E-state index in [0.717, 1.165) is 12.2 Å². The Bertz CT molecular complexity index is 417. The van der Waals surface area contributed by atoms with E-state index in [4.69, 9.17) is 5.73 Å². The summed E-state index contributed by atoms with van der Waals surface area (Å²) < 4.78 is 1.96. The molecule has 3 heteroatoms. The van der Waals surface area contributed by atoms with E-state index in [1.54, 1.807) is 0 Å². The van der Waals surface area contributed by atoms with Crippen LogP contribution in [0.5, 0.6) is 0 Å². The van der Waals surface area contributed by atoms with Gasteiger partial charge in [-0.15, -0.1) is 0 Å². The number of benzene rings is 1. The predicted molar refractivity (Wildman–Crippen MR) is 56.9 cm³/mol. The monoisotopic (exact) mass is 187 g/mol. The molecule has 1 heterocycles. The fourth-order valence-electron chi connectivity index (χ4n) is 1.47. The Labute approximate surface area is 83.2 Å². The van der Waals surface area contributed by atoms with Crippen LogP contribution in [0.15, 0.2) is 36.5 Å². The second-order valence-corrected chi connectivity index (χ2v) is 3.36. The van der Waals surface area contributed by atoms with Crippen molar-refractivity contribution in [3.63, 3.8) is 0 Å². The molecule has 2 N–H and O–H groups in total. The van der Waals surface area contributed by atoms with Gasteiger partial charge >= 0.3 is 0 Å². The Morgan fingerprint density at radius 1 is 1.29 bits per heavy atom. The zero-order chi connectivity index (χ0) is 9.97. The number of imidazole rings is 1. The lowest BCUT2D eigenvalue weighted by atomic mass is 10.1. The van der Waals surface area contributed by atoms with Crippen LogP contribution < -0.4 is 5.73 Å². The lowest BCUT2D eigenvalue weighted by Crippen LogP contribution is -1.97. The van der Waals surface area contributed by atoms with Gasteiger partial charge in [-0.2, -0.15) is 0 Å². The lowest BCUT2D eigenvalue weighted by Gasteiger charge is -2.00. The molecule has 72 valence electrons. The van der Waals surface area contributed by atoms with E-state index >= 15 is 0 Å². The van der Waals surface area contributed by atoms with Crippen LogP contribution in [0.25, 0.3) is 0 Å². The van der Waals surface area contributed by atoms with Crippen molar-refractivity contribution in [1.29, 1.82) is 0 Å². The van der Waals surface area contributed by atoms with Crippen molar-refractivity contribution in [3.05, 3.63) is 47.9 Å². The Morgan fingerprint density at radius 3 is 2.57 bits per heavy atom. The van der Waals surface area contributed by atoms with Crippen LogP contribution in [0.3, 0.4) is 0 Å². The maximum absolute atomic E-state index is 5.60. The maximum atomic E-state index is 5.60. The van der Waals surface area contributed by atoms with Gasteiger partial charge in [0, 0.05) is 19.7 Å². The number of nitrogen functional groups attached to an aromatic ring is 1. The molecule has 0 saturated carbocycles. The van der Waals surface area contributed by atoms with Crippen molar-refractivity contribution < 1.29 is 0 Å². The molecule has 0 bridgehead atoms. The molecule has 0 atom stereocenters. The minimum Gasteiger partial charge on any atom is -0.382 e. The SMILES string of the molecule is Cn1cc(N)nc1Cc1ccccc1. The summed E-state index contributed by atoms with van der Waals surface area (Å²) in [6.07, 6.45) is 2.66. The minimum atomic E-state index is 0.582. The van der Waals surface area contributed by atoms with Gasteiger partial charge < -0.3 is 10.3 Å². The van der Waals surface area contributed by atoms with Crippen molar-refractivity contribution >= 4 is 5.82 Å². The van der Waals surface area contributed by atoms with Gasteiger partial charge in [0.05, 0.1) is 0 Å². The number of hydrogen-bond donors (Lipinski definition) is 1. The molecular formula is C11H13N3. The average Bonchev–Trinajstić information content (AvgIpc) is 2.47. The van der Waals surface area contributed by atoms with Crippen molar-refractivity contribution in [2.75, 3.05) is 5.73 Å². The number of anilines is 1. The molecule has 1 aromatic heterocycles. The summed E-state index contributed by atoms with van der Waals surface area (Å²) in [6, 6.07) is 10.2. The van der Waals surface area contributed by atoms with Gasteiger partial charge in [0.1, 0.15) is 11.6 Å². The van der Waals surface area contributed by atoms with Crippen LogP contribution in [-0.4, -0.2) is 9.55 Å². The molecule has 14 heavy (non-hydrogen) atoms. The Kier molecular flexibility index (Phi) is 2.23. The zero-order valence-corrected chi connectivity index (χ0v) is 8.14. The first-order valence-electron chi connectivity index (χ1n) is 4.57. The van der Waals surface area contributed by atoms with Gasteiger partial charge in [-0.05, 0) is 5.56 Å². The van der Waals surface area contributed by atoms with Crippen LogP contribution in [0.4, 0.5) is 5.82 Å². The molecule has 0 aliphatic heterocycles. The molecule has 1 aromatic carbocycles. The number of aromatic nitrogens is 2. The van der Waals surface area contributed by atoms with Gasteiger partial charge in [-0.3, -0.25) is 0 Å². The highest BCUT2D eigenvalue weighted by Crippen LogP contribution is 2.09. The van der Waals surface area contributed by atoms with E-state index in [1.165, 1.54) is 5.56 Å². The molecule has 0 saturated heterocycles. The Morgan fingerprint density at radius 2 is 2.00 bits per heavy atom. The van der Waals surface area contributed by atoms with Gasteiger partial charge in [0.15, 0.2) is 0 Å². The van der Waals surface area contributed by atoms with Crippen LogP contribution in [0, 0.1) is 0 Å². The minimum absolute atomic E-state index is 0.582. The number of hydrogen-bond acceptors (Lipinski definition) is 2. The van der Waals surface area contributed by atoms with Gasteiger partial charge in [0.25, 0.3) is 0 Å². The molecule has 0 amide bonds. The van der Waals surface area contributed by atoms with Crippen molar-refractivity contribution in [3.8, 4) is 0 Å². The van der Waals surface area contributed by atoms with Crippen LogP contribution >= 0.6 is 0 Å². The summed E-state index contributed by atoms with van der Waals surface area (Å²) in [5, 5.41) is 0. The molecule has 3 nitrogen and oxygen atoms in total. The highest BCUT2D eigenvalue weighted by Gasteiger charge is 2.02. The summed E-state index contributed by atoms with van der Waals surface area (Å²) in [7, 11) is 1.96. The molecule has 0 unspecified atom stereocenters. The van der Waals surface area contributed by atoms with E-state index in [2.05, 4.69) is 17.1 Å². The topological polar surface area (TPSA) is 43.8 Å². The summed E-state index contributed by atoms with van der Waals surface area (Å²) in [6.45, 7) is 0. The van der Waals surface area contributed by atoms with E-state index in [9.17, 15) is 0 Å². The van der Waals surface area contributed by atoms with E-state index in [-0.39, 0.29) is 0 Å². The highest BCUT2D eigenvalue weighted by atomic mass is 15.1. The molecule has 0 aliphatic carbocycles. The van der Waals surface area contributed by atoms with Gasteiger partial charge in [0.2, 0.25) is 0 Å². The smallest absolute Gasteiger partial charge is 0.141 e. The molecule has 0 spiro atoms. The van der Waals surface area contributed by atoms with Crippen LogP contribution in [0.2, 0.25) is 0 Å². The number of rotatable bonds is 2. The second-order valence-electron chi connectivity index (χ2n) is 3.36. The fourth-order valence-corrected chi connectivity index (χ4v) is 1.47. The van der Waals surface area contributed by atoms with Crippen molar-refractivity contribution in [2.45, 2.75) is 6.42 Å². The Hall–Kier alpha value is -1.77. The third-order valence-corrected chi connectivity index (χ3v) is 2.20. The summed E-state index contributed by atoms with van der Waals surface area (Å²) in [4.78, 5) is 4.25. The third-order valence-electron chi connectivity index (χ3n) is 2.20. The first kappa shape index (κ1) is 8.81. The van der Waals surface area contributed by atoms with E-state index in [0.29, 0.717) is 5.82 Å². The van der Waals surface area contributed by atoms with E-state index < -0.39 is 0 Å². The lowest BCUT2D eigenvalue weighted by molar-refractivity contribution is 0.822. The summed E-state index contributed by atoms with van der Waals surface area (Å²) >= 11 is 0. The number of nitrogens with two attached hydrogens (primary N) is 1. The largest absolute Gasteiger partial charge is 0.382 e. The first-order valence-corrected chi connectivity index (χ1v) is 4.57. The molecule has 0 aliphatic rings. The van der Waals surface area contributed by atoms with Crippen LogP contribution in [0.1, 0.15) is 11.4 Å². The fraction of sp³-hybridized carbons (Fsp3) is 0.182. The van der Waals surface area contributed by atoms with Crippen molar-refractivity contribution in [2.24, 2.45) is 7.05 Å². The molecule has 0 radical (unpaired) electrons. The average molecular weight is 187 g/mol. The number of nitrogens with zero attached hydrogens (tertiary/aromatic N) is 2. The van der Waals surface area contributed by atoms with Crippen molar-refractivity contribution in [1.82, 2.24) is 9.55 Å². The molecule has 2 aromatic rings. The van der Waals surface area contributed by atoms with Gasteiger partial charge in [-0.1, -0.05) is 30.3 Å². The first-order chi connectivity index (χ1) is 6.75. The maximum Gasteiger partial charge on any atom is 0.141 e. The van der Waals surface area contributed by atoms with Gasteiger partial charge in [-0.25, -0.2) is 4.98 Å². The normalized spacial score (nSPS) is 10.4. The second kappa shape index (κ2) is 3.54. The highest BCUT2D eigenvalue weighted by molar-refractivity contribution is 5.28. The summed E-state index contributed by atoms with van der Waals surface area (Å²) in [5.74, 6) is 1.58. The number of aryl methyl sites for hydroxylation is 1. The molecular weight excluding hydrogens is 174 g/mol. The Balaban J connectivity index is 2.23. The summed E-state index contributed by atoms with van der Waals surface area (Å²) in [5.41, 5.74) is 6.85. The third kappa shape index (κ3) is 1.76. The quantitative estimate of drug-likeness (QED) is 0.776.